The number of hydrogen-bond acceptors (Lipinski definition) is 3. The van der Waals surface area contributed by atoms with E-state index in [0.29, 0.717) is 0 Å². The fraction of sp³-hybridized carbons (Fsp3) is 0.632. The first-order chi connectivity index (χ1) is 11.7. The molecule has 1 aliphatic rings. The Morgan fingerprint density at radius 1 is 1.29 bits per heavy atom. The number of guanidine groups is 1. The monoisotopic (exact) mass is 349 g/mol. The highest BCUT2D eigenvalue weighted by Gasteiger charge is 2.15. The van der Waals surface area contributed by atoms with Gasteiger partial charge in [0.1, 0.15) is 0 Å². The Kier molecular flexibility index (Phi) is 8.47. The van der Waals surface area contributed by atoms with Crippen LogP contribution in [0.15, 0.2) is 34.2 Å². The Bertz CT molecular complexity index is 498. The van der Waals surface area contributed by atoms with Gasteiger partial charge >= 0.3 is 0 Å². The summed E-state index contributed by atoms with van der Waals surface area (Å²) in [6.45, 7) is 6.63. The maximum absolute atomic E-state index is 5.45. The van der Waals surface area contributed by atoms with E-state index in [1.54, 1.807) is 11.8 Å². The molecule has 1 aliphatic heterocycles. The van der Waals surface area contributed by atoms with E-state index in [1.165, 1.54) is 29.7 Å². The number of ether oxygens (including phenoxy) is 1. The molecule has 1 heterocycles. The van der Waals surface area contributed by atoms with Crippen LogP contribution in [0.5, 0.6) is 0 Å². The number of nitrogens with zero attached hydrogens (tertiary/aromatic N) is 2. The predicted octanol–water partition coefficient (Wildman–Crippen LogP) is 3.62. The van der Waals surface area contributed by atoms with Crippen LogP contribution in [0.4, 0.5) is 0 Å². The summed E-state index contributed by atoms with van der Waals surface area (Å²) in [6.07, 6.45) is 5.71. The molecule has 0 atom stereocenters. The molecular weight excluding hydrogens is 318 g/mol. The molecule has 0 spiro atoms. The van der Waals surface area contributed by atoms with E-state index >= 15 is 0 Å². The van der Waals surface area contributed by atoms with Crippen LogP contribution in [0.1, 0.15) is 31.7 Å². The zero-order chi connectivity index (χ0) is 17.2. The van der Waals surface area contributed by atoms with E-state index in [9.17, 15) is 0 Å². The summed E-state index contributed by atoms with van der Waals surface area (Å²) in [5, 5.41) is 3.41. The van der Waals surface area contributed by atoms with Gasteiger partial charge in [0, 0.05) is 38.2 Å². The van der Waals surface area contributed by atoms with Crippen molar-refractivity contribution >= 4 is 17.7 Å². The highest BCUT2D eigenvalue weighted by molar-refractivity contribution is 7.98. The van der Waals surface area contributed by atoms with Gasteiger partial charge in [0.25, 0.3) is 0 Å². The summed E-state index contributed by atoms with van der Waals surface area (Å²) in [7, 11) is 2.14. The van der Waals surface area contributed by atoms with Crippen LogP contribution in [0, 0.1) is 5.92 Å². The first-order valence-corrected chi connectivity index (χ1v) is 10.2. The Morgan fingerprint density at radius 2 is 2.00 bits per heavy atom. The average molecular weight is 350 g/mol. The highest BCUT2D eigenvalue weighted by atomic mass is 32.2. The van der Waals surface area contributed by atoms with Crippen molar-refractivity contribution in [3.8, 4) is 0 Å². The van der Waals surface area contributed by atoms with E-state index in [1.807, 2.05) is 0 Å². The maximum atomic E-state index is 5.45. The lowest BCUT2D eigenvalue weighted by Gasteiger charge is -2.26. The Balaban J connectivity index is 1.87. The standard InChI is InChI=1S/C19H31N3OS/c1-4-20-19(21-15-17-5-7-18(24-3)8-6-17)22(2)12-9-16-10-13-23-14-11-16/h5-8,16H,4,9-15H2,1-3H3,(H,20,21). The van der Waals surface area contributed by atoms with Gasteiger partial charge in [-0.3, -0.25) is 0 Å². The van der Waals surface area contributed by atoms with Crippen LogP contribution >= 0.6 is 11.8 Å². The lowest BCUT2D eigenvalue weighted by molar-refractivity contribution is 0.0625. The first-order valence-electron chi connectivity index (χ1n) is 8.93. The van der Waals surface area contributed by atoms with Crippen molar-refractivity contribution in [2.75, 3.05) is 39.6 Å². The van der Waals surface area contributed by atoms with Crippen LogP contribution in [-0.2, 0) is 11.3 Å². The van der Waals surface area contributed by atoms with Crippen molar-refractivity contribution in [2.24, 2.45) is 10.9 Å². The highest BCUT2D eigenvalue weighted by Crippen LogP contribution is 2.18. The molecule has 0 aromatic heterocycles. The second kappa shape index (κ2) is 10.6. The molecule has 0 bridgehead atoms. The van der Waals surface area contributed by atoms with Crippen LogP contribution in [-0.4, -0.2) is 50.5 Å². The minimum Gasteiger partial charge on any atom is -0.381 e. The minimum absolute atomic E-state index is 0.721. The topological polar surface area (TPSA) is 36.9 Å². The van der Waals surface area contributed by atoms with E-state index in [4.69, 9.17) is 9.73 Å². The smallest absolute Gasteiger partial charge is 0.193 e. The largest absolute Gasteiger partial charge is 0.381 e. The van der Waals surface area contributed by atoms with Crippen molar-refractivity contribution < 1.29 is 4.74 Å². The molecule has 1 aromatic carbocycles. The van der Waals surface area contributed by atoms with Crippen LogP contribution in [0.2, 0.25) is 0 Å². The molecule has 1 saturated heterocycles. The molecule has 0 unspecified atom stereocenters. The molecular formula is C19H31N3OS. The molecule has 0 saturated carbocycles. The number of aliphatic imine (C=N–C) groups is 1. The quantitative estimate of drug-likeness (QED) is 0.463. The fourth-order valence-corrected chi connectivity index (χ4v) is 3.29. The van der Waals surface area contributed by atoms with Crippen LogP contribution in [0.3, 0.4) is 0 Å². The van der Waals surface area contributed by atoms with Gasteiger partial charge in [-0.15, -0.1) is 11.8 Å². The van der Waals surface area contributed by atoms with E-state index in [-0.39, 0.29) is 0 Å². The molecule has 2 rings (SSSR count). The minimum atomic E-state index is 0.721. The SMILES string of the molecule is CCNC(=NCc1ccc(SC)cc1)N(C)CCC1CCOCC1. The normalized spacial score (nSPS) is 16.2. The molecule has 4 nitrogen and oxygen atoms in total. The van der Waals surface area contributed by atoms with Crippen molar-refractivity contribution in [1.82, 2.24) is 10.2 Å². The van der Waals surface area contributed by atoms with Crippen LogP contribution in [0.25, 0.3) is 0 Å². The number of hydrogen-bond donors (Lipinski definition) is 1. The second-order valence-electron chi connectivity index (χ2n) is 6.28. The lowest BCUT2D eigenvalue weighted by atomic mass is 9.96. The summed E-state index contributed by atoms with van der Waals surface area (Å²) in [6, 6.07) is 8.66. The Labute approximate surface area is 151 Å². The third kappa shape index (κ3) is 6.36. The summed E-state index contributed by atoms with van der Waals surface area (Å²) < 4.78 is 5.45. The van der Waals surface area contributed by atoms with Crippen molar-refractivity contribution in [2.45, 2.75) is 37.6 Å². The Hall–Kier alpha value is -1.20. The number of thioether (sulfide) groups is 1. The molecule has 0 radical (unpaired) electrons. The zero-order valence-corrected chi connectivity index (χ0v) is 16.1. The summed E-state index contributed by atoms with van der Waals surface area (Å²) in [4.78, 5) is 8.36. The summed E-state index contributed by atoms with van der Waals surface area (Å²) in [5.41, 5.74) is 1.25. The molecule has 0 amide bonds. The van der Waals surface area contributed by atoms with Gasteiger partial charge in [-0.05, 0) is 56.1 Å². The van der Waals surface area contributed by atoms with E-state index in [2.05, 4.69) is 54.7 Å². The molecule has 134 valence electrons. The second-order valence-corrected chi connectivity index (χ2v) is 7.16. The molecule has 5 heteroatoms. The molecule has 24 heavy (non-hydrogen) atoms. The number of nitrogens with one attached hydrogen (secondary N) is 1. The summed E-state index contributed by atoms with van der Waals surface area (Å²) in [5.74, 6) is 1.79. The predicted molar refractivity (Wildman–Crippen MR) is 104 cm³/mol. The zero-order valence-electron chi connectivity index (χ0n) is 15.3. The number of rotatable bonds is 7. The van der Waals surface area contributed by atoms with E-state index < -0.39 is 0 Å². The molecule has 1 aromatic rings. The third-order valence-corrected chi connectivity index (χ3v) is 5.22. The molecule has 1 fully saturated rings. The number of benzene rings is 1. The van der Waals surface area contributed by atoms with Crippen LogP contribution < -0.4 is 5.32 Å². The van der Waals surface area contributed by atoms with Gasteiger partial charge in [-0.1, -0.05) is 12.1 Å². The van der Waals surface area contributed by atoms with Gasteiger partial charge in [0.05, 0.1) is 6.54 Å². The lowest BCUT2D eigenvalue weighted by Crippen LogP contribution is -2.40. The maximum Gasteiger partial charge on any atom is 0.193 e. The van der Waals surface area contributed by atoms with Gasteiger partial charge in [0.2, 0.25) is 0 Å². The van der Waals surface area contributed by atoms with Gasteiger partial charge in [-0.25, -0.2) is 4.99 Å². The fourth-order valence-electron chi connectivity index (χ4n) is 2.88. The van der Waals surface area contributed by atoms with Crippen molar-refractivity contribution in [1.29, 1.82) is 0 Å². The van der Waals surface area contributed by atoms with Crippen molar-refractivity contribution in [3.63, 3.8) is 0 Å². The van der Waals surface area contributed by atoms with Crippen molar-refractivity contribution in [3.05, 3.63) is 29.8 Å². The molecule has 1 N–H and O–H groups in total. The van der Waals surface area contributed by atoms with E-state index in [0.717, 1.165) is 44.7 Å². The Morgan fingerprint density at radius 3 is 2.62 bits per heavy atom. The van der Waals surface area contributed by atoms with Gasteiger partial charge in [0.15, 0.2) is 5.96 Å². The third-order valence-electron chi connectivity index (χ3n) is 4.48. The summed E-state index contributed by atoms with van der Waals surface area (Å²) >= 11 is 1.77. The first kappa shape index (κ1) is 19.1. The molecule has 0 aliphatic carbocycles. The average Bonchev–Trinajstić information content (AvgIpc) is 2.64. The van der Waals surface area contributed by atoms with Gasteiger partial charge in [-0.2, -0.15) is 0 Å². The van der Waals surface area contributed by atoms with Gasteiger partial charge < -0.3 is 15.0 Å².